The maximum Gasteiger partial charge on any atom is 0.320 e. The van der Waals surface area contributed by atoms with Gasteiger partial charge in [-0.1, -0.05) is 12.8 Å². The molecule has 1 aromatic heterocycles. The summed E-state index contributed by atoms with van der Waals surface area (Å²) in [6.07, 6.45) is 4.99. The van der Waals surface area contributed by atoms with E-state index >= 15 is 0 Å². The first-order valence-corrected chi connectivity index (χ1v) is 7.31. The van der Waals surface area contributed by atoms with Crippen molar-refractivity contribution in [1.29, 1.82) is 0 Å². The van der Waals surface area contributed by atoms with Crippen LogP contribution in [0.5, 0.6) is 0 Å². The Bertz CT molecular complexity index is 424. The molecule has 0 radical (unpaired) electrons. The van der Waals surface area contributed by atoms with Gasteiger partial charge in [0.2, 0.25) is 0 Å². The van der Waals surface area contributed by atoms with Gasteiger partial charge in [-0.3, -0.25) is 5.32 Å². The van der Waals surface area contributed by atoms with E-state index in [1.165, 1.54) is 25.7 Å². The van der Waals surface area contributed by atoms with Crippen LogP contribution in [0.2, 0.25) is 0 Å². The number of nitrogens with zero attached hydrogens (tertiary/aromatic N) is 3. The molecule has 1 aromatic rings. The van der Waals surface area contributed by atoms with Crippen LogP contribution in [-0.2, 0) is 0 Å². The molecule has 2 heterocycles. The smallest absolute Gasteiger partial charge is 0.320 e. The van der Waals surface area contributed by atoms with Crippen molar-refractivity contribution >= 4 is 17.7 Å². The fourth-order valence-electron chi connectivity index (χ4n) is 2.27. The molecule has 2 rings (SSSR count). The van der Waals surface area contributed by atoms with Crippen molar-refractivity contribution in [3.05, 3.63) is 12.1 Å². The monoisotopic (exact) mass is 277 g/mol. The summed E-state index contributed by atoms with van der Waals surface area (Å²) in [7, 11) is 0. The normalized spacial score (nSPS) is 15.8. The van der Waals surface area contributed by atoms with Crippen LogP contribution in [0.1, 0.15) is 39.5 Å². The molecule has 0 unspecified atom stereocenters. The second-order valence-corrected chi connectivity index (χ2v) is 5.43. The highest BCUT2D eigenvalue weighted by molar-refractivity contribution is 5.88. The number of urea groups is 1. The molecular formula is C14H23N5O. The number of anilines is 2. The van der Waals surface area contributed by atoms with E-state index < -0.39 is 0 Å². The van der Waals surface area contributed by atoms with E-state index in [0.717, 1.165) is 18.9 Å². The van der Waals surface area contributed by atoms with Gasteiger partial charge in [-0.2, -0.15) is 0 Å². The summed E-state index contributed by atoms with van der Waals surface area (Å²) >= 11 is 0. The molecule has 6 nitrogen and oxygen atoms in total. The van der Waals surface area contributed by atoms with Crippen molar-refractivity contribution in [3.63, 3.8) is 0 Å². The van der Waals surface area contributed by atoms with Gasteiger partial charge in [0, 0.05) is 19.1 Å². The number of hydrogen-bond acceptors (Lipinski definition) is 4. The van der Waals surface area contributed by atoms with Crippen molar-refractivity contribution in [1.82, 2.24) is 15.5 Å². The lowest BCUT2D eigenvalue weighted by Crippen LogP contribution is -2.34. The van der Waals surface area contributed by atoms with Crippen LogP contribution in [0.3, 0.4) is 0 Å². The second kappa shape index (κ2) is 7.07. The van der Waals surface area contributed by atoms with Gasteiger partial charge in [0.1, 0.15) is 0 Å². The van der Waals surface area contributed by atoms with Crippen molar-refractivity contribution in [3.8, 4) is 0 Å². The standard InChI is InChI=1S/C14H23N5O/c1-11(2)15-14(20)16-12-7-8-13(18-17-12)19-9-5-3-4-6-10-19/h7-8,11H,3-6,9-10H2,1-2H3,(H2,15,16,17,20). The third-order valence-corrected chi connectivity index (χ3v) is 3.24. The molecule has 0 saturated carbocycles. The van der Waals surface area contributed by atoms with Crippen LogP contribution in [-0.4, -0.2) is 35.4 Å². The van der Waals surface area contributed by atoms with Crippen LogP contribution >= 0.6 is 0 Å². The van der Waals surface area contributed by atoms with Crippen LogP contribution in [0, 0.1) is 0 Å². The fourth-order valence-corrected chi connectivity index (χ4v) is 2.27. The maximum atomic E-state index is 11.6. The second-order valence-electron chi connectivity index (χ2n) is 5.43. The predicted molar refractivity (Wildman–Crippen MR) is 80.0 cm³/mol. The van der Waals surface area contributed by atoms with Crippen molar-refractivity contribution in [2.75, 3.05) is 23.3 Å². The highest BCUT2D eigenvalue weighted by Gasteiger charge is 2.12. The van der Waals surface area contributed by atoms with Crippen molar-refractivity contribution in [2.45, 2.75) is 45.6 Å². The zero-order valence-electron chi connectivity index (χ0n) is 12.2. The van der Waals surface area contributed by atoms with E-state index in [9.17, 15) is 4.79 Å². The van der Waals surface area contributed by atoms with Crippen LogP contribution < -0.4 is 15.5 Å². The molecule has 0 aromatic carbocycles. The van der Waals surface area contributed by atoms with Crippen LogP contribution in [0.4, 0.5) is 16.4 Å². The molecule has 2 amide bonds. The van der Waals surface area contributed by atoms with Gasteiger partial charge in [0.05, 0.1) is 0 Å². The first kappa shape index (κ1) is 14.6. The molecule has 2 N–H and O–H groups in total. The van der Waals surface area contributed by atoms with Crippen molar-refractivity contribution < 1.29 is 4.79 Å². The van der Waals surface area contributed by atoms with Gasteiger partial charge in [-0.15, -0.1) is 10.2 Å². The zero-order chi connectivity index (χ0) is 14.4. The third-order valence-electron chi connectivity index (χ3n) is 3.24. The molecule has 0 atom stereocenters. The Hall–Kier alpha value is -1.85. The summed E-state index contributed by atoms with van der Waals surface area (Å²) in [6, 6.07) is 3.56. The Labute approximate surface area is 120 Å². The van der Waals surface area contributed by atoms with Gasteiger partial charge in [-0.25, -0.2) is 4.79 Å². The predicted octanol–water partition coefficient (Wildman–Crippen LogP) is 2.39. The number of hydrogen-bond donors (Lipinski definition) is 2. The lowest BCUT2D eigenvalue weighted by atomic mass is 10.2. The Morgan fingerprint density at radius 2 is 1.85 bits per heavy atom. The SMILES string of the molecule is CC(C)NC(=O)Nc1ccc(N2CCCCCC2)nn1. The van der Waals surface area contributed by atoms with Gasteiger partial charge in [-0.05, 0) is 38.8 Å². The maximum absolute atomic E-state index is 11.6. The van der Waals surface area contributed by atoms with Crippen molar-refractivity contribution in [2.24, 2.45) is 0 Å². The molecule has 20 heavy (non-hydrogen) atoms. The molecule has 1 saturated heterocycles. The Morgan fingerprint density at radius 3 is 2.40 bits per heavy atom. The highest BCUT2D eigenvalue weighted by Crippen LogP contribution is 2.17. The summed E-state index contributed by atoms with van der Waals surface area (Å²) in [5.74, 6) is 1.36. The van der Waals surface area contributed by atoms with E-state index in [-0.39, 0.29) is 12.1 Å². The fraction of sp³-hybridized carbons (Fsp3) is 0.643. The summed E-state index contributed by atoms with van der Waals surface area (Å²) in [4.78, 5) is 13.8. The minimum atomic E-state index is -0.253. The zero-order valence-corrected chi connectivity index (χ0v) is 12.2. The first-order chi connectivity index (χ1) is 9.65. The van der Waals surface area contributed by atoms with E-state index in [2.05, 4.69) is 25.7 Å². The third kappa shape index (κ3) is 4.36. The topological polar surface area (TPSA) is 70.2 Å². The number of rotatable bonds is 3. The van der Waals surface area contributed by atoms with E-state index in [4.69, 9.17) is 0 Å². The van der Waals surface area contributed by atoms with Gasteiger partial charge in [0.25, 0.3) is 0 Å². The molecule has 0 aliphatic carbocycles. The molecular weight excluding hydrogens is 254 g/mol. The molecule has 0 spiro atoms. The van der Waals surface area contributed by atoms with Gasteiger partial charge >= 0.3 is 6.03 Å². The van der Waals surface area contributed by atoms with E-state index in [1.807, 2.05) is 19.9 Å². The molecule has 1 aliphatic heterocycles. The van der Waals surface area contributed by atoms with E-state index in [1.54, 1.807) is 6.07 Å². The average molecular weight is 277 g/mol. The Balaban J connectivity index is 1.93. The number of carbonyl (C=O) groups excluding carboxylic acids is 1. The molecule has 1 fully saturated rings. The molecule has 6 heteroatoms. The Morgan fingerprint density at radius 1 is 1.15 bits per heavy atom. The minimum Gasteiger partial charge on any atom is -0.355 e. The van der Waals surface area contributed by atoms with Gasteiger partial charge in [0.15, 0.2) is 11.6 Å². The van der Waals surface area contributed by atoms with Gasteiger partial charge < -0.3 is 10.2 Å². The lowest BCUT2D eigenvalue weighted by molar-refractivity contribution is 0.250. The largest absolute Gasteiger partial charge is 0.355 e. The Kier molecular flexibility index (Phi) is 5.15. The van der Waals surface area contributed by atoms with Crippen LogP contribution in [0.15, 0.2) is 12.1 Å². The quantitative estimate of drug-likeness (QED) is 0.890. The number of carbonyl (C=O) groups is 1. The highest BCUT2D eigenvalue weighted by atomic mass is 16.2. The lowest BCUT2D eigenvalue weighted by Gasteiger charge is -2.20. The summed E-state index contributed by atoms with van der Waals surface area (Å²) in [6.45, 7) is 5.89. The average Bonchev–Trinajstić information content (AvgIpc) is 2.67. The number of amides is 2. The van der Waals surface area contributed by atoms with E-state index in [0.29, 0.717) is 5.82 Å². The minimum absolute atomic E-state index is 0.0966. The molecule has 1 aliphatic rings. The first-order valence-electron chi connectivity index (χ1n) is 7.31. The summed E-state index contributed by atoms with van der Waals surface area (Å²) in [5.41, 5.74) is 0. The van der Waals surface area contributed by atoms with Crippen LogP contribution in [0.25, 0.3) is 0 Å². The summed E-state index contributed by atoms with van der Waals surface area (Å²) < 4.78 is 0. The summed E-state index contributed by atoms with van der Waals surface area (Å²) in [5, 5.41) is 13.7. The molecule has 110 valence electrons. The molecule has 0 bridgehead atoms. The number of aromatic nitrogens is 2. The number of nitrogens with one attached hydrogen (secondary N) is 2.